The van der Waals surface area contributed by atoms with Crippen molar-refractivity contribution in [3.8, 4) is 0 Å². The van der Waals surface area contributed by atoms with Crippen LogP contribution >= 0.6 is 0 Å². The van der Waals surface area contributed by atoms with Gasteiger partial charge in [0.25, 0.3) is 0 Å². The average molecular weight is 215 g/mol. The molecule has 16 heavy (non-hydrogen) atoms. The summed E-state index contributed by atoms with van der Waals surface area (Å²) in [7, 11) is 0. The highest BCUT2D eigenvalue weighted by molar-refractivity contribution is 5.79. The predicted molar refractivity (Wildman–Crippen MR) is 68.8 cm³/mol. The zero-order chi connectivity index (χ0) is 11.2. The molecular formula is C13H17N3. The second-order valence-corrected chi connectivity index (χ2v) is 3.67. The molecule has 1 aromatic carbocycles. The molecule has 1 heterocycles. The van der Waals surface area contributed by atoms with Crippen LogP contribution in [-0.2, 0) is 0 Å². The number of likely N-dealkylation sites (N-methyl/N-ethyl adjacent to an activating group) is 1. The number of para-hydroxylation sites is 1. The van der Waals surface area contributed by atoms with Gasteiger partial charge < -0.3 is 10.6 Å². The van der Waals surface area contributed by atoms with Crippen LogP contribution in [0.25, 0.3) is 10.9 Å². The largest absolute Gasteiger partial charge is 0.369 e. The van der Waals surface area contributed by atoms with Gasteiger partial charge in [0.1, 0.15) is 5.82 Å². The second kappa shape index (κ2) is 5.47. The molecular weight excluding hydrogens is 198 g/mol. The number of benzene rings is 1. The Labute approximate surface area is 95.9 Å². The summed E-state index contributed by atoms with van der Waals surface area (Å²) in [6.07, 6.45) is 0. The lowest BCUT2D eigenvalue weighted by Gasteiger charge is -2.06. The molecule has 3 heteroatoms. The maximum absolute atomic E-state index is 4.53. The molecule has 0 aliphatic carbocycles. The van der Waals surface area contributed by atoms with Crippen LogP contribution in [0.5, 0.6) is 0 Å². The lowest BCUT2D eigenvalue weighted by atomic mass is 10.2. The van der Waals surface area contributed by atoms with Gasteiger partial charge in [0.05, 0.1) is 5.52 Å². The van der Waals surface area contributed by atoms with E-state index in [2.05, 4.69) is 34.7 Å². The number of pyridine rings is 1. The maximum atomic E-state index is 4.53. The van der Waals surface area contributed by atoms with Crippen molar-refractivity contribution in [3.05, 3.63) is 36.4 Å². The summed E-state index contributed by atoms with van der Waals surface area (Å²) in [6, 6.07) is 12.3. The molecule has 0 radical (unpaired) electrons. The molecule has 0 aliphatic heterocycles. The number of hydrogen-bond acceptors (Lipinski definition) is 3. The molecule has 0 amide bonds. The smallest absolute Gasteiger partial charge is 0.126 e. The minimum Gasteiger partial charge on any atom is -0.369 e. The van der Waals surface area contributed by atoms with E-state index in [0.717, 1.165) is 31.0 Å². The fraction of sp³-hybridized carbons (Fsp3) is 0.308. The number of fused-ring (bicyclic) bond motifs is 1. The van der Waals surface area contributed by atoms with Gasteiger partial charge in [0, 0.05) is 18.5 Å². The van der Waals surface area contributed by atoms with Gasteiger partial charge in [-0.2, -0.15) is 0 Å². The van der Waals surface area contributed by atoms with E-state index in [0.29, 0.717) is 0 Å². The zero-order valence-electron chi connectivity index (χ0n) is 9.53. The summed E-state index contributed by atoms with van der Waals surface area (Å²) in [5.41, 5.74) is 1.04. The summed E-state index contributed by atoms with van der Waals surface area (Å²) in [5.74, 6) is 0.941. The van der Waals surface area contributed by atoms with Gasteiger partial charge in [-0.15, -0.1) is 0 Å². The van der Waals surface area contributed by atoms with Crippen molar-refractivity contribution < 1.29 is 0 Å². The first kappa shape index (κ1) is 10.9. The van der Waals surface area contributed by atoms with E-state index in [1.807, 2.05) is 24.3 Å². The molecule has 0 atom stereocenters. The Kier molecular flexibility index (Phi) is 3.72. The van der Waals surface area contributed by atoms with Crippen LogP contribution in [0.2, 0.25) is 0 Å². The summed E-state index contributed by atoms with van der Waals surface area (Å²) >= 11 is 0. The van der Waals surface area contributed by atoms with E-state index in [-0.39, 0.29) is 0 Å². The molecule has 0 unspecified atom stereocenters. The summed E-state index contributed by atoms with van der Waals surface area (Å²) in [5, 5.41) is 7.74. The highest BCUT2D eigenvalue weighted by atomic mass is 15.0. The van der Waals surface area contributed by atoms with Gasteiger partial charge in [0.15, 0.2) is 0 Å². The monoisotopic (exact) mass is 215 g/mol. The molecule has 1 aromatic heterocycles. The Balaban J connectivity index is 2.02. The van der Waals surface area contributed by atoms with Crippen LogP contribution in [-0.4, -0.2) is 24.6 Å². The Bertz CT molecular complexity index is 454. The fourth-order valence-corrected chi connectivity index (χ4v) is 1.62. The van der Waals surface area contributed by atoms with E-state index >= 15 is 0 Å². The molecule has 84 valence electrons. The lowest BCUT2D eigenvalue weighted by molar-refractivity contribution is 0.738. The molecule has 2 N–H and O–H groups in total. The third-order valence-corrected chi connectivity index (χ3v) is 2.46. The van der Waals surface area contributed by atoms with Crippen molar-refractivity contribution in [2.24, 2.45) is 0 Å². The van der Waals surface area contributed by atoms with Gasteiger partial charge in [0.2, 0.25) is 0 Å². The van der Waals surface area contributed by atoms with E-state index in [1.54, 1.807) is 0 Å². The maximum Gasteiger partial charge on any atom is 0.126 e. The highest BCUT2D eigenvalue weighted by Crippen LogP contribution is 2.13. The topological polar surface area (TPSA) is 37.0 Å². The van der Waals surface area contributed by atoms with Crippen molar-refractivity contribution in [2.75, 3.05) is 25.0 Å². The lowest BCUT2D eigenvalue weighted by Crippen LogP contribution is -2.21. The van der Waals surface area contributed by atoms with Gasteiger partial charge in [-0.25, -0.2) is 4.98 Å². The number of nitrogens with one attached hydrogen (secondary N) is 2. The molecule has 0 aliphatic rings. The first-order chi connectivity index (χ1) is 7.90. The van der Waals surface area contributed by atoms with Crippen LogP contribution < -0.4 is 10.6 Å². The van der Waals surface area contributed by atoms with Crippen molar-refractivity contribution in [1.29, 1.82) is 0 Å². The number of anilines is 1. The Morgan fingerprint density at radius 2 is 1.94 bits per heavy atom. The summed E-state index contributed by atoms with van der Waals surface area (Å²) in [4.78, 5) is 4.53. The van der Waals surface area contributed by atoms with Crippen LogP contribution in [0, 0.1) is 0 Å². The molecule has 0 bridgehead atoms. The minimum atomic E-state index is 0.902. The minimum absolute atomic E-state index is 0.902. The molecule has 0 spiro atoms. The third-order valence-electron chi connectivity index (χ3n) is 2.46. The molecule has 2 rings (SSSR count). The SMILES string of the molecule is CCNCCNc1ccc2ccccc2n1. The van der Waals surface area contributed by atoms with Gasteiger partial charge in [-0.1, -0.05) is 25.1 Å². The predicted octanol–water partition coefficient (Wildman–Crippen LogP) is 2.26. The quantitative estimate of drug-likeness (QED) is 0.751. The van der Waals surface area contributed by atoms with Crippen molar-refractivity contribution in [2.45, 2.75) is 6.92 Å². The standard InChI is InChI=1S/C13H17N3/c1-2-14-9-10-15-13-8-7-11-5-3-4-6-12(11)16-13/h3-8,14H,2,9-10H2,1H3,(H,15,16). The molecule has 2 aromatic rings. The van der Waals surface area contributed by atoms with Gasteiger partial charge >= 0.3 is 0 Å². The van der Waals surface area contributed by atoms with Gasteiger partial charge in [-0.05, 0) is 24.7 Å². The Hall–Kier alpha value is -1.61. The average Bonchev–Trinajstić information content (AvgIpc) is 2.34. The number of hydrogen-bond donors (Lipinski definition) is 2. The van der Waals surface area contributed by atoms with Crippen LogP contribution in [0.3, 0.4) is 0 Å². The molecule has 3 nitrogen and oxygen atoms in total. The second-order valence-electron chi connectivity index (χ2n) is 3.67. The zero-order valence-corrected chi connectivity index (χ0v) is 9.53. The fourth-order valence-electron chi connectivity index (χ4n) is 1.62. The normalized spacial score (nSPS) is 10.6. The van der Waals surface area contributed by atoms with E-state index in [1.165, 1.54) is 5.39 Å². The summed E-state index contributed by atoms with van der Waals surface area (Å²) in [6.45, 7) is 4.98. The van der Waals surface area contributed by atoms with Crippen LogP contribution in [0.4, 0.5) is 5.82 Å². The van der Waals surface area contributed by atoms with Crippen molar-refractivity contribution in [1.82, 2.24) is 10.3 Å². The van der Waals surface area contributed by atoms with Gasteiger partial charge in [-0.3, -0.25) is 0 Å². The van der Waals surface area contributed by atoms with E-state index in [9.17, 15) is 0 Å². The number of rotatable bonds is 5. The van der Waals surface area contributed by atoms with Crippen molar-refractivity contribution in [3.63, 3.8) is 0 Å². The Morgan fingerprint density at radius 3 is 2.81 bits per heavy atom. The highest BCUT2D eigenvalue weighted by Gasteiger charge is 1.96. The van der Waals surface area contributed by atoms with Crippen molar-refractivity contribution >= 4 is 16.7 Å². The van der Waals surface area contributed by atoms with Crippen LogP contribution in [0.1, 0.15) is 6.92 Å². The first-order valence-corrected chi connectivity index (χ1v) is 5.70. The van der Waals surface area contributed by atoms with E-state index < -0.39 is 0 Å². The van der Waals surface area contributed by atoms with E-state index in [4.69, 9.17) is 0 Å². The summed E-state index contributed by atoms with van der Waals surface area (Å²) < 4.78 is 0. The number of aromatic nitrogens is 1. The molecule has 0 fully saturated rings. The first-order valence-electron chi connectivity index (χ1n) is 5.70. The van der Waals surface area contributed by atoms with Crippen LogP contribution in [0.15, 0.2) is 36.4 Å². The number of nitrogens with zero attached hydrogens (tertiary/aromatic N) is 1. The molecule has 0 saturated heterocycles. The third kappa shape index (κ3) is 2.70. The Morgan fingerprint density at radius 1 is 1.06 bits per heavy atom. The molecule has 0 saturated carbocycles.